The number of carbonyl (C=O) groups excluding carboxylic acids is 3. The molecule has 1 rings (SSSR count). The van der Waals surface area contributed by atoms with E-state index in [9.17, 15) is 14.4 Å². The molecule has 22 heavy (non-hydrogen) atoms. The molecule has 124 valence electrons. The van der Waals surface area contributed by atoms with Gasteiger partial charge in [-0.25, -0.2) is 24.4 Å². The van der Waals surface area contributed by atoms with Crippen LogP contribution in [0.25, 0.3) is 0 Å². The van der Waals surface area contributed by atoms with Crippen molar-refractivity contribution in [3.05, 3.63) is 0 Å². The highest BCUT2D eigenvalue weighted by Crippen LogP contribution is 2.47. The largest absolute Gasteiger partial charge is 0.352 e. The number of hydrogen-bond acceptors (Lipinski definition) is 5. The normalized spacial score (nSPS) is 25.6. The van der Waals surface area contributed by atoms with Crippen molar-refractivity contribution in [2.24, 2.45) is 26.5 Å². The van der Waals surface area contributed by atoms with Crippen LogP contribution in [0.15, 0.2) is 9.98 Å². The maximum atomic E-state index is 10.3. The molecule has 0 aromatic rings. The van der Waals surface area contributed by atoms with Gasteiger partial charge in [0.2, 0.25) is 12.2 Å². The maximum absolute atomic E-state index is 10.3. The average Bonchev–Trinajstić information content (AvgIpc) is 2.35. The van der Waals surface area contributed by atoms with Crippen molar-refractivity contribution in [1.82, 2.24) is 4.90 Å². The molecule has 0 aromatic carbocycles. The molecule has 0 saturated heterocycles. The molecule has 1 aliphatic carbocycles. The first kappa shape index (κ1) is 20.0. The number of aliphatic imine (C=N–C) groups is 2. The second-order valence-electron chi connectivity index (χ2n) is 7.07. The second-order valence-corrected chi connectivity index (χ2v) is 7.07. The SMILES string of the molecule is CC1(C)CC(N=C=O)CC(C)(CN=C=O)C1.CN(C)C(N)=O. The smallest absolute Gasteiger partial charge is 0.314 e. The van der Waals surface area contributed by atoms with Crippen molar-refractivity contribution in [3.63, 3.8) is 0 Å². The summed E-state index contributed by atoms with van der Waals surface area (Å²) in [4.78, 5) is 39.2. The molecule has 7 nitrogen and oxygen atoms in total. The highest BCUT2D eigenvalue weighted by atomic mass is 16.2. The lowest BCUT2D eigenvalue weighted by molar-refractivity contribution is 0.0915. The standard InChI is InChI=1S/C12H18N2O2.C3H8N2O/c1-11(2)4-10(14-9-16)5-12(3,6-11)7-13-8-15;1-5(2)3(4)6/h10H,4-7H2,1-3H3;1-2H3,(H2,4,6). The fourth-order valence-corrected chi connectivity index (χ4v) is 3.09. The Labute approximate surface area is 131 Å². The number of nitrogens with zero attached hydrogens (tertiary/aromatic N) is 3. The lowest BCUT2D eigenvalue weighted by atomic mass is 9.63. The zero-order chi connectivity index (χ0) is 17.4. The third-order valence-electron chi connectivity index (χ3n) is 3.62. The quantitative estimate of drug-likeness (QED) is 0.635. The summed E-state index contributed by atoms with van der Waals surface area (Å²) in [7, 11) is 3.20. The first-order valence-electron chi connectivity index (χ1n) is 7.12. The zero-order valence-electron chi connectivity index (χ0n) is 14.0. The van der Waals surface area contributed by atoms with E-state index in [1.165, 1.54) is 4.90 Å². The van der Waals surface area contributed by atoms with Gasteiger partial charge < -0.3 is 10.6 Å². The number of rotatable bonds is 3. The Bertz CT molecular complexity index is 477. The molecule has 0 bridgehead atoms. The lowest BCUT2D eigenvalue weighted by Crippen LogP contribution is -2.39. The number of nitrogens with two attached hydrogens (primary N) is 1. The Morgan fingerprint density at radius 2 is 1.77 bits per heavy atom. The van der Waals surface area contributed by atoms with E-state index in [0.717, 1.165) is 19.3 Å². The summed E-state index contributed by atoms with van der Waals surface area (Å²) in [6.07, 6.45) is 5.88. The van der Waals surface area contributed by atoms with Gasteiger partial charge in [-0.15, -0.1) is 0 Å². The van der Waals surface area contributed by atoms with Gasteiger partial charge in [0.1, 0.15) is 0 Å². The van der Waals surface area contributed by atoms with E-state index in [1.807, 2.05) is 0 Å². The van der Waals surface area contributed by atoms with Crippen LogP contribution < -0.4 is 5.73 Å². The zero-order valence-corrected chi connectivity index (χ0v) is 14.0. The van der Waals surface area contributed by atoms with E-state index in [-0.39, 0.29) is 16.9 Å². The molecular formula is C15H26N4O3. The topological polar surface area (TPSA) is 105 Å². The number of amides is 2. The van der Waals surface area contributed by atoms with Crippen LogP contribution in [0.1, 0.15) is 40.0 Å². The van der Waals surface area contributed by atoms with E-state index in [4.69, 9.17) is 5.73 Å². The lowest BCUT2D eigenvalue weighted by Gasteiger charge is -2.44. The number of hydrogen-bond donors (Lipinski definition) is 1. The number of isocyanates is 2. The Balaban J connectivity index is 0.000000626. The summed E-state index contributed by atoms with van der Waals surface area (Å²) in [5.74, 6) is 0. The van der Waals surface area contributed by atoms with Crippen LogP contribution in [0.5, 0.6) is 0 Å². The fourth-order valence-electron chi connectivity index (χ4n) is 3.09. The summed E-state index contributed by atoms with van der Waals surface area (Å²) < 4.78 is 0. The van der Waals surface area contributed by atoms with Gasteiger partial charge >= 0.3 is 6.03 Å². The van der Waals surface area contributed by atoms with Crippen LogP contribution in [-0.2, 0) is 9.59 Å². The van der Waals surface area contributed by atoms with E-state index >= 15 is 0 Å². The number of urea groups is 1. The fraction of sp³-hybridized carbons (Fsp3) is 0.800. The summed E-state index contributed by atoms with van der Waals surface area (Å²) in [5.41, 5.74) is 4.78. The second kappa shape index (κ2) is 8.47. The Morgan fingerprint density at radius 3 is 2.18 bits per heavy atom. The average molecular weight is 310 g/mol. The van der Waals surface area contributed by atoms with Crippen molar-refractivity contribution in [2.75, 3.05) is 20.6 Å². The first-order valence-corrected chi connectivity index (χ1v) is 7.12. The summed E-state index contributed by atoms with van der Waals surface area (Å²) >= 11 is 0. The number of primary amides is 1. The predicted octanol–water partition coefficient (Wildman–Crippen LogP) is 1.87. The van der Waals surface area contributed by atoms with E-state index in [0.29, 0.717) is 6.54 Å². The maximum Gasteiger partial charge on any atom is 0.314 e. The molecular weight excluding hydrogens is 284 g/mol. The predicted molar refractivity (Wildman–Crippen MR) is 83.9 cm³/mol. The molecule has 1 fully saturated rings. The Hall–Kier alpha value is -1.97. The molecule has 2 unspecified atom stereocenters. The molecule has 0 aromatic heterocycles. The van der Waals surface area contributed by atoms with Crippen LogP contribution in [0, 0.1) is 10.8 Å². The third kappa shape index (κ3) is 7.72. The highest BCUT2D eigenvalue weighted by Gasteiger charge is 2.41. The van der Waals surface area contributed by atoms with Gasteiger partial charge in [-0.3, -0.25) is 0 Å². The molecule has 1 aliphatic rings. The molecule has 0 radical (unpaired) electrons. The van der Waals surface area contributed by atoms with Crippen LogP contribution in [-0.4, -0.2) is 49.8 Å². The van der Waals surface area contributed by atoms with Gasteiger partial charge in [0.25, 0.3) is 0 Å². The van der Waals surface area contributed by atoms with Crippen molar-refractivity contribution in [1.29, 1.82) is 0 Å². The van der Waals surface area contributed by atoms with Crippen LogP contribution in [0.4, 0.5) is 4.79 Å². The van der Waals surface area contributed by atoms with E-state index < -0.39 is 6.03 Å². The third-order valence-corrected chi connectivity index (χ3v) is 3.62. The van der Waals surface area contributed by atoms with Crippen molar-refractivity contribution in [3.8, 4) is 0 Å². The van der Waals surface area contributed by atoms with Crippen molar-refractivity contribution in [2.45, 2.75) is 46.1 Å². The van der Waals surface area contributed by atoms with Gasteiger partial charge in [-0.2, -0.15) is 0 Å². The Morgan fingerprint density at radius 1 is 1.23 bits per heavy atom. The summed E-state index contributed by atoms with van der Waals surface area (Å²) in [6.45, 7) is 6.86. The minimum absolute atomic E-state index is 0.00750. The van der Waals surface area contributed by atoms with Crippen LogP contribution in [0.2, 0.25) is 0 Å². The van der Waals surface area contributed by atoms with Gasteiger partial charge in [0, 0.05) is 14.1 Å². The minimum atomic E-state index is -0.407. The van der Waals surface area contributed by atoms with Crippen LogP contribution >= 0.6 is 0 Å². The number of carbonyl (C=O) groups is 1. The molecule has 7 heteroatoms. The molecule has 2 N–H and O–H groups in total. The molecule has 1 saturated carbocycles. The van der Waals surface area contributed by atoms with E-state index in [2.05, 4.69) is 30.8 Å². The molecule has 0 aliphatic heterocycles. The monoisotopic (exact) mass is 310 g/mol. The molecule has 2 atom stereocenters. The molecule has 0 heterocycles. The van der Waals surface area contributed by atoms with Gasteiger partial charge in [-0.05, 0) is 30.1 Å². The van der Waals surface area contributed by atoms with Crippen LogP contribution in [0.3, 0.4) is 0 Å². The van der Waals surface area contributed by atoms with Crippen molar-refractivity contribution < 1.29 is 14.4 Å². The van der Waals surface area contributed by atoms with Gasteiger partial charge in [0.15, 0.2) is 0 Å². The highest BCUT2D eigenvalue weighted by molar-refractivity contribution is 5.71. The molecule has 0 spiro atoms. The first-order chi connectivity index (χ1) is 10.0. The summed E-state index contributed by atoms with van der Waals surface area (Å²) in [6, 6.07) is -0.400. The van der Waals surface area contributed by atoms with E-state index in [1.54, 1.807) is 26.3 Å². The van der Waals surface area contributed by atoms with Gasteiger partial charge in [-0.1, -0.05) is 20.8 Å². The summed E-state index contributed by atoms with van der Waals surface area (Å²) in [5, 5.41) is 0. The molecule has 2 amide bonds. The van der Waals surface area contributed by atoms with Gasteiger partial charge in [0.05, 0.1) is 12.6 Å². The Kier molecular flexibility index (Phi) is 7.71. The minimum Gasteiger partial charge on any atom is -0.352 e. The van der Waals surface area contributed by atoms with Crippen molar-refractivity contribution >= 4 is 18.2 Å².